The summed E-state index contributed by atoms with van der Waals surface area (Å²) in [4.78, 5) is 0. The summed E-state index contributed by atoms with van der Waals surface area (Å²) >= 11 is 1.77. The van der Waals surface area contributed by atoms with Crippen molar-refractivity contribution in [1.82, 2.24) is 5.32 Å². The van der Waals surface area contributed by atoms with Crippen LogP contribution < -0.4 is 5.32 Å². The molecule has 0 spiro atoms. The molecule has 0 radical (unpaired) electrons. The lowest BCUT2D eigenvalue weighted by molar-refractivity contribution is 0.445. The van der Waals surface area contributed by atoms with Crippen molar-refractivity contribution in [3.63, 3.8) is 0 Å². The van der Waals surface area contributed by atoms with Gasteiger partial charge in [0.25, 0.3) is 0 Å². The second kappa shape index (κ2) is 3.80. The number of nitrogens with one attached hydrogen (secondary N) is 1. The first-order valence-corrected chi connectivity index (χ1v) is 6.18. The lowest BCUT2D eigenvalue weighted by Gasteiger charge is -2.19. The van der Waals surface area contributed by atoms with E-state index in [0.717, 1.165) is 16.9 Å². The van der Waals surface area contributed by atoms with Gasteiger partial charge in [0.15, 0.2) is 0 Å². The molecule has 1 heterocycles. The highest BCUT2D eigenvalue weighted by atomic mass is 32.2. The number of rotatable bonds is 1. The molecule has 1 saturated heterocycles. The van der Waals surface area contributed by atoms with Gasteiger partial charge in [0.05, 0.1) is 5.37 Å². The summed E-state index contributed by atoms with van der Waals surface area (Å²) in [6, 6.07) is 5.29. The quantitative estimate of drug-likeness (QED) is 0.787. The zero-order chi connectivity index (χ0) is 11.1. The van der Waals surface area contributed by atoms with Crippen molar-refractivity contribution >= 4 is 11.8 Å². The topological polar surface area (TPSA) is 12.0 Å². The number of thioether (sulfide) groups is 1. The van der Waals surface area contributed by atoms with E-state index in [1.807, 2.05) is 19.1 Å². The molecule has 3 heteroatoms. The van der Waals surface area contributed by atoms with Gasteiger partial charge in [0.1, 0.15) is 5.82 Å². The van der Waals surface area contributed by atoms with E-state index in [2.05, 4.69) is 19.2 Å². The molecule has 15 heavy (non-hydrogen) atoms. The fraction of sp³-hybridized carbons (Fsp3) is 0.500. The standard InChI is InChI=1S/C12H16FNS/c1-8-4-5-10(13)9(6-8)11-14-12(2,3)7-15-11/h4-6,11,14H,7H2,1-3H3. The first-order valence-electron chi connectivity index (χ1n) is 5.13. The van der Waals surface area contributed by atoms with Crippen LogP contribution in [-0.4, -0.2) is 11.3 Å². The van der Waals surface area contributed by atoms with Crippen molar-refractivity contribution in [2.75, 3.05) is 5.75 Å². The minimum absolute atomic E-state index is 0.0971. The van der Waals surface area contributed by atoms with Gasteiger partial charge in [0.2, 0.25) is 0 Å². The summed E-state index contributed by atoms with van der Waals surface area (Å²) < 4.78 is 13.6. The third-order valence-electron chi connectivity index (χ3n) is 2.57. The van der Waals surface area contributed by atoms with Gasteiger partial charge in [-0.25, -0.2) is 4.39 Å². The molecule has 0 amide bonds. The Bertz CT molecular complexity index is 376. The van der Waals surface area contributed by atoms with E-state index >= 15 is 0 Å². The molecule has 1 N–H and O–H groups in total. The number of hydrogen-bond acceptors (Lipinski definition) is 2. The van der Waals surface area contributed by atoms with Crippen molar-refractivity contribution in [1.29, 1.82) is 0 Å². The highest BCUT2D eigenvalue weighted by molar-refractivity contribution is 7.99. The van der Waals surface area contributed by atoms with Crippen molar-refractivity contribution < 1.29 is 4.39 Å². The predicted molar refractivity (Wildman–Crippen MR) is 63.6 cm³/mol. The van der Waals surface area contributed by atoms with Crippen LogP contribution in [0.3, 0.4) is 0 Å². The van der Waals surface area contributed by atoms with E-state index in [9.17, 15) is 4.39 Å². The summed E-state index contributed by atoms with van der Waals surface area (Å²) in [5.74, 6) is 0.911. The molecule has 0 bridgehead atoms. The molecular weight excluding hydrogens is 209 g/mol. The molecule has 0 aromatic heterocycles. The van der Waals surface area contributed by atoms with Crippen LogP contribution in [0.25, 0.3) is 0 Å². The van der Waals surface area contributed by atoms with Gasteiger partial charge >= 0.3 is 0 Å². The smallest absolute Gasteiger partial charge is 0.128 e. The highest BCUT2D eigenvalue weighted by Gasteiger charge is 2.32. The molecule has 1 aromatic carbocycles. The molecule has 2 rings (SSSR count). The van der Waals surface area contributed by atoms with Crippen LogP contribution in [0.15, 0.2) is 18.2 Å². The van der Waals surface area contributed by atoms with Crippen LogP contribution in [0.4, 0.5) is 4.39 Å². The van der Waals surface area contributed by atoms with Crippen LogP contribution in [0.2, 0.25) is 0 Å². The fourth-order valence-corrected chi connectivity index (χ4v) is 3.19. The van der Waals surface area contributed by atoms with Gasteiger partial charge in [-0.2, -0.15) is 0 Å². The third kappa shape index (κ3) is 2.34. The maximum Gasteiger partial charge on any atom is 0.128 e. The van der Waals surface area contributed by atoms with Crippen LogP contribution in [0.5, 0.6) is 0 Å². The van der Waals surface area contributed by atoms with Crippen LogP contribution >= 0.6 is 11.8 Å². The number of halogens is 1. The number of aryl methyl sites for hydroxylation is 1. The zero-order valence-corrected chi connectivity index (χ0v) is 10.1. The third-order valence-corrected chi connectivity index (χ3v) is 4.16. The molecule has 82 valence electrons. The summed E-state index contributed by atoms with van der Waals surface area (Å²) in [5.41, 5.74) is 2.00. The first kappa shape index (κ1) is 11.0. The van der Waals surface area contributed by atoms with Gasteiger partial charge in [-0.15, -0.1) is 11.8 Å². The van der Waals surface area contributed by atoms with Crippen LogP contribution in [-0.2, 0) is 0 Å². The van der Waals surface area contributed by atoms with E-state index in [0.29, 0.717) is 0 Å². The van der Waals surface area contributed by atoms with E-state index in [1.165, 1.54) is 0 Å². The molecule has 1 aromatic rings. The van der Waals surface area contributed by atoms with Crippen molar-refractivity contribution in [2.45, 2.75) is 31.7 Å². The highest BCUT2D eigenvalue weighted by Crippen LogP contribution is 2.38. The first-order chi connectivity index (χ1) is 6.98. The maximum absolute atomic E-state index is 13.6. The van der Waals surface area contributed by atoms with Crippen molar-refractivity contribution in [3.8, 4) is 0 Å². The normalized spacial score (nSPS) is 24.4. The van der Waals surface area contributed by atoms with Gasteiger partial charge in [-0.3, -0.25) is 5.32 Å². The molecule has 1 aliphatic rings. The Hall–Kier alpha value is -0.540. The van der Waals surface area contributed by atoms with Gasteiger partial charge in [-0.1, -0.05) is 17.7 Å². The van der Waals surface area contributed by atoms with Crippen LogP contribution in [0, 0.1) is 12.7 Å². The Kier molecular flexibility index (Phi) is 2.77. The minimum Gasteiger partial charge on any atom is -0.296 e. The van der Waals surface area contributed by atoms with E-state index in [-0.39, 0.29) is 16.7 Å². The Morgan fingerprint density at radius 2 is 2.20 bits per heavy atom. The van der Waals surface area contributed by atoms with E-state index < -0.39 is 0 Å². The number of benzene rings is 1. The molecule has 1 unspecified atom stereocenters. The van der Waals surface area contributed by atoms with Crippen LogP contribution in [0.1, 0.15) is 30.3 Å². The Balaban J connectivity index is 2.27. The van der Waals surface area contributed by atoms with E-state index in [4.69, 9.17) is 0 Å². The van der Waals surface area contributed by atoms with E-state index in [1.54, 1.807) is 17.8 Å². The zero-order valence-electron chi connectivity index (χ0n) is 9.30. The molecule has 0 saturated carbocycles. The Labute approximate surface area is 94.5 Å². The lowest BCUT2D eigenvalue weighted by Crippen LogP contribution is -2.36. The fourth-order valence-electron chi connectivity index (χ4n) is 1.76. The predicted octanol–water partition coefficient (Wildman–Crippen LogP) is 3.25. The summed E-state index contributed by atoms with van der Waals surface area (Å²) in [6.07, 6.45) is 0. The molecule has 0 aliphatic carbocycles. The molecule has 1 nitrogen and oxygen atoms in total. The Morgan fingerprint density at radius 1 is 1.47 bits per heavy atom. The second-order valence-electron chi connectivity index (χ2n) is 4.74. The second-order valence-corrected chi connectivity index (χ2v) is 5.84. The minimum atomic E-state index is -0.108. The maximum atomic E-state index is 13.6. The average Bonchev–Trinajstić information content (AvgIpc) is 2.50. The number of hydrogen-bond donors (Lipinski definition) is 1. The van der Waals surface area contributed by atoms with Crippen molar-refractivity contribution in [2.24, 2.45) is 0 Å². The summed E-state index contributed by atoms with van der Waals surface area (Å²) in [7, 11) is 0. The lowest BCUT2D eigenvalue weighted by atomic mass is 10.1. The molecular formula is C12H16FNS. The van der Waals surface area contributed by atoms with Gasteiger partial charge in [-0.05, 0) is 26.8 Å². The molecule has 1 fully saturated rings. The summed E-state index contributed by atoms with van der Waals surface area (Å²) in [5, 5.41) is 3.53. The monoisotopic (exact) mass is 225 g/mol. The molecule has 1 aliphatic heterocycles. The van der Waals surface area contributed by atoms with Crippen molar-refractivity contribution in [3.05, 3.63) is 35.1 Å². The average molecular weight is 225 g/mol. The largest absolute Gasteiger partial charge is 0.296 e. The van der Waals surface area contributed by atoms with Gasteiger partial charge in [0, 0.05) is 16.9 Å². The summed E-state index contributed by atoms with van der Waals surface area (Å²) in [6.45, 7) is 6.29. The Morgan fingerprint density at radius 3 is 2.80 bits per heavy atom. The van der Waals surface area contributed by atoms with Gasteiger partial charge < -0.3 is 0 Å². The SMILES string of the molecule is Cc1ccc(F)c(C2NC(C)(C)CS2)c1. The molecule has 1 atom stereocenters.